The molecular weight excluding hydrogens is 218 g/mol. The van der Waals surface area contributed by atoms with Crippen molar-refractivity contribution in [3.05, 3.63) is 23.8 Å². The summed E-state index contributed by atoms with van der Waals surface area (Å²) in [5, 5.41) is 21.8. The first-order chi connectivity index (χ1) is 7.90. The normalized spacial score (nSPS) is 15.6. The summed E-state index contributed by atoms with van der Waals surface area (Å²) in [7, 11) is 0. The molecule has 1 amide bonds. The third-order valence-electron chi connectivity index (χ3n) is 3.26. The van der Waals surface area contributed by atoms with Crippen LogP contribution in [0.2, 0.25) is 0 Å². The second-order valence-corrected chi connectivity index (χ2v) is 5.15. The van der Waals surface area contributed by atoms with E-state index in [-0.39, 0.29) is 28.5 Å². The fraction of sp³-hybridized carbons (Fsp3) is 0.462. The van der Waals surface area contributed by atoms with Crippen LogP contribution in [0.4, 0.5) is 0 Å². The van der Waals surface area contributed by atoms with E-state index in [9.17, 15) is 15.0 Å². The monoisotopic (exact) mass is 235 g/mol. The molecule has 1 aliphatic carbocycles. The Morgan fingerprint density at radius 3 is 2.59 bits per heavy atom. The molecule has 0 spiro atoms. The molecule has 0 aliphatic heterocycles. The van der Waals surface area contributed by atoms with Gasteiger partial charge in [0.1, 0.15) is 11.5 Å². The van der Waals surface area contributed by atoms with Gasteiger partial charge in [0.2, 0.25) is 0 Å². The number of nitrogens with one attached hydrogen (secondary N) is 1. The second-order valence-electron chi connectivity index (χ2n) is 5.15. The number of phenolic OH excluding ortho intramolecular Hbond substituents is 2. The average molecular weight is 235 g/mol. The Morgan fingerprint density at radius 1 is 1.35 bits per heavy atom. The van der Waals surface area contributed by atoms with Crippen molar-refractivity contribution in [3.8, 4) is 11.5 Å². The highest BCUT2D eigenvalue weighted by Crippen LogP contribution is 2.39. The van der Waals surface area contributed by atoms with Crippen LogP contribution in [0, 0.1) is 5.92 Å². The van der Waals surface area contributed by atoms with Gasteiger partial charge in [0, 0.05) is 5.54 Å². The number of hydrogen-bond donors (Lipinski definition) is 3. The molecule has 0 aromatic heterocycles. The van der Waals surface area contributed by atoms with Gasteiger partial charge in [-0.25, -0.2) is 0 Å². The summed E-state index contributed by atoms with van der Waals surface area (Å²) in [6.07, 6.45) is 2.25. The lowest BCUT2D eigenvalue weighted by Crippen LogP contribution is -2.45. The van der Waals surface area contributed by atoms with Crippen LogP contribution in [0.5, 0.6) is 11.5 Å². The van der Waals surface area contributed by atoms with Gasteiger partial charge < -0.3 is 15.5 Å². The zero-order valence-corrected chi connectivity index (χ0v) is 10.0. The highest BCUT2D eigenvalue weighted by atomic mass is 16.3. The van der Waals surface area contributed by atoms with E-state index in [1.165, 1.54) is 18.2 Å². The third kappa shape index (κ3) is 2.52. The van der Waals surface area contributed by atoms with Crippen molar-refractivity contribution in [2.75, 3.05) is 0 Å². The molecule has 1 aromatic rings. The maximum absolute atomic E-state index is 12.0. The van der Waals surface area contributed by atoms with Gasteiger partial charge in [-0.15, -0.1) is 0 Å². The number of benzene rings is 1. The number of hydrogen-bond acceptors (Lipinski definition) is 3. The quantitative estimate of drug-likeness (QED) is 0.702. The summed E-state index contributed by atoms with van der Waals surface area (Å²) in [5.41, 5.74) is -0.159. The molecule has 17 heavy (non-hydrogen) atoms. The van der Waals surface area contributed by atoms with Crippen LogP contribution in [-0.4, -0.2) is 21.7 Å². The van der Waals surface area contributed by atoms with Gasteiger partial charge in [-0.3, -0.25) is 4.79 Å². The Hall–Kier alpha value is -1.71. The topological polar surface area (TPSA) is 69.6 Å². The predicted molar refractivity (Wildman–Crippen MR) is 64.0 cm³/mol. The SMILES string of the molecule is CC(C)(NC(=O)c1cc(O)ccc1O)C1CC1. The van der Waals surface area contributed by atoms with Crippen LogP contribution in [-0.2, 0) is 0 Å². The van der Waals surface area contributed by atoms with E-state index in [0.717, 1.165) is 12.8 Å². The summed E-state index contributed by atoms with van der Waals surface area (Å²) in [6, 6.07) is 3.93. The fourth-order valence-electron chi connectivity index (χ4n) is 1.97. The van der Waals surface area contributed by atoms with E-state index >= 15 is 0 Å². The third-order valence-corrected chi connectivity index (χ3v) is 3.26. The molecule has 1 aliphatic rings. The van der Waals surface area contributed by atoms with E-state index in [4.69, 9.17) is 0 Å². The highest BCUT2D eigenvalue weighted by molar-refractivity contribution is 5.97. The molecule has 0 saturated heterocycles. The first-order valence-corrected chi connectivity index (χ1v) is 5.74. The summed E-state index contributed by atoms with van der Waals surface area (Å²) in [6.45, 7) is 3.95. The van der Waals surface area contributed by atoms with Gasteiger partial charge in [0.15, 0.2) is 0 Å². The zero-order valence-electron chi connectivity index (χ0n) is 10.0. The van der Waals surface area contributed by atoms with E-state index < -0.39 is 0 Å². The predicted octanol–water partition coefficient (Wildman–Crippen LogP) is 2.02. The molecule has 0 bridgehead atoms. The lowest BCUT2D eigenvalue weighted by atomic mass is 9.98. The molecular formula is C13H17NO3. The molecule has 3 N–H and O–H groups in total. The standard InChI is InChI=1S/C13H17NO3/c1-13(2,8-3-4-8)14-12(17)10-7-9(15)5-6-11(10)16/h5-8,15-16H,3-4H2,1-2H3,(H,14,17). The maximum Gasteiger partial charge on any atom is 0.255 e. The highest BCUT2D eigenvalue weighted by Gasteiger charge is 2.39. The Labute approximate surface area is 100 Å². The Bertz CT molecular complexity index is 450. The first-order valence-electron chi connectivity index (χ1n) is 5.74. The fourth-order valence-corrected chi connectivity index (χ4v) is 1.97. The van der Waals surface area contributed by atoms with Gasteiger partial charge in [0.05, 0.1) is 5.56 Å². The molecule has 1 aromatic carbocycles. The number of aromatic hydroxyl groups is 2. The molecule has 4 heteroatoms. The molecule has 0 radical (unpaired) electrons. The van der Waals surface area contributed by atoms with E-state index in [1.807, 2.05) is 13.8 Å². The first kappa shape index (κ1) is 11.8. The van der Waals surface area contributed by atoms with Crippen molar-refractivity contribution in [2.24, 2.45) is 5.92 Å². The maximum atomic E-state index is 12.0. The van der Waals surface area contributed by atoms with Gasteiger partial charge in [-0.05, 0) is 50.8 Å². The van der Waals surface area contributed by atoms with Gasteiger partial charge in [0.25, 0.3) is 5.91 Å². The lowest BCUT2D eigenvalue weighted by Gasteiger charge is -2.26. The molecule has 1 saturated carbocycles. The van der Waals surface area contributed by atoms with Crippen LogP contribution < -0.4 is 5.32 Å². The molecule has 1 fully saturated rings. The van der Waals surface area contributed by atoms with E-state index in [0.29, 0.717) is 5.92 Å². The van der Waals surface area contributed by atoms with E-state index in [1.54, 1.807) is 0 Å². The number of phenols is 2. The van der Waals surface area contributed by atoms with Crippen molar-refractivity contribution < 1.29 is 15.0 Å². The van der Waals surface area contributed by atoms with Crippen LogP contribution in [0.15, 0.2) is 18.2 Å². The number of amides is 1. The number of carbonyl (C=O) groups excluding carboxylic acids is 1. The average Bonchev–Trinajstić information content (AvgIpc) is 3.04. The summed E-state index contributed by atoms with van der Waals surface area (Å²) in [4.78, 5) is 12.0. The van der Waals surface area contributed by atoms with Gasteiger partial charge in [-0.1, -0.05) is 0 Å². The van der Waals surface area contributed by atoms with Crippen molar-refractivity contribution in [2.45, 2.75) is 32.2 Å². The minimum Gasteiger partial charge on any atom is -0.508 e. The molecule has 0 heterocycles. The van der Waals surface area contributed by atoms with Gasteiger partial charge >= 0.3 is 0 Å². The van der Waals surface area contributed by atoms with E-state index in [2.05, 4.69) is 5.32 Å². The van der Waals surface area contributed by atoms with Crippen LogP contribution in [0.25, 0.3) is 0 Å². The Kier molecular flexibility index (Phi) is 2.73. The Morgan fingerprint density at radius 2 is 2.00 bits per heavy atom. The summed E-state index contributed by atoms with van der Waals surface area (Å²) in [5.74, 6) is 0.00489. The minimum atomic E-state index is -0.352. The van der Waals surface area contributed by atoms with Crippen molar-refractivity contribution in [1.29, 1.82) is 0 Å². The number of rotatable bonds is 3. The molecule has 0 atom stereocenters. The zero-order chi connectivity index (χ0) is 12.6. The van der Waals surface area contributed by atoms with Crippen molar-refractivity contribution >= 4 is 5.91 Å². The minimum absolute atomic E-state index is 0.0304. The smallest absolute Gasteiger partial charge is 0.255 e. The number of carbonyl (C=O) groups is 1. The van der Waals surface area contributed by atoms with Crippen molar-refractivity contribution in [1.82, 2.24) is 5.32 Å². The summed E-state index contributed by atoms with van der Waals surface area (Å²) >= 11 is 0. The largest absolute Gasteiger partial charge is 0.508 e. The lowest BCUT2D eigenvalue weighted by molar-refractivity contribution is 0.0900. The second kappa shape index (κ2) is 3.95. The summed E-state index contributed by atoms with van der Waals surface area (Å²) < 4.78 is 0. The Balaban J connectivity index is 2.16. The van der Waals surface area contributed by atoms with Crippen LogP contribution in [0.3, 0.4) is 0 Å². The van der Waals surface area contributed by atoms with Gasteiger partial charge in [-0.2, -0.15) is 0 Å². The molecule has 4 nitrogen and oxygen atoms in total. The molecule has 2 rings (SSSR count). The molecule has 0 unspecified atom stereocenters. The molecule has 92 valence electrons. The van der Waals surface area contributed by atoms with Crippen LogP contribution >= 0.6 is 0 Å². The van der Waals surface area contributed by atoms with Crippen LogP contribution in [0.1, 0.15) is 37.0 Å². The van der Waals surface area contributed by atoms with Crippen molar-refractivity contribution in [3.63, 3.8) is 0 Å².